The van der Waals surface area contributed by atoms with Crippen molar-refractivity contribution < 1.29 is 9.53 Å². The van der Waals surface area contributed by atoms with E-state index in [1.165, 1.54) is 98.4 Å². The fourth-order valence-corrected chi connectivity index (χ4v) is 4.44. The zero-order valence-corrected chi connectivity index (χ0v) is 19.2. The zero-order valence-electron chi connectivity index (χ0n) is 19.2. The highest BCUT2D eigenvalue weighted by Gasteiger charge is 2.01. The van der Waals surface area contributed by atoms with Gasteiger partial charge < -0.3 is 4.74 Å². The van der Waals surface area contributed by atoms with Crippen LogP contribution in [0.25, 0.3) is 21.5 Å². The molecule has 0 aromatic heterocycles. The number of hydrogen-bond donors (Lipinski definition) is 0. The molecule has 0 N–H and O–H groups in total. The minimum atomic E-state index is -0.0748. The molecule has 3 rings (SSSR count). The summed E-state index contributed by atoms with van der Waals surface area (Å²) in [6.07, 6.45) is 15.9. The lowest BCUT2D eigenvalue weighted by Crippen LogP contribution is -1.99. The minimum absolute atomic E-state index is 0.0748. The van der Waals surface area contributed by atoms with Crippen LogP contribution in [-0.4, -0.2) is 13.1 Å². The van der Waals surface area contributed by atoms with Gasteiger partial charge in [0.1, 0.15) is 0 Å². The predicted molar refractivity (Wildman–Crippen MR) is 133 cm³/mol. The molecule has 3 aromatic rings. The number of hydrogen-bond acceptors (Lipinski definition) is 2. The molecule has 0 aliphatic rings. The summed E-state index contributed by atoms with van der Waals surface area (Å²) in [6.45, 7) is 0. The maximum absolute atomic E-state index is 11.0. The largest absolute Gasteiger partial charge is 0.469 e. The number of methoxy groups -OCH3 is 1. The molecule has 0 aliphatic carbocycles. The molecule has 0 bridgehead atoms. The van der Waals surface area contributed by atoms with Gasteiger partial charge in [-0.25, -0.2) is 0 Å². The van der Waals surface area contributed by atoms with E-state index < -0.39 is 0 Å². The van der Waals surface area contributed by atoms with Crippen LogP contribution in [0.5, 0.6) is 0 Å². The Morgan fingerprint density at radius 3 is 1.74 bits per heavy atom. The van der Waals surface area contributed by atoms with Gasteiger partial charge in [-0.3, -0.25) is 4.79 Å². The minimum Gasteiger partial charge on any atom is -0.469 e. The molecule has 0 spiro atoms. The molecule has 166 valence electrons. The van der Waals surface area contributed by atoms with Gasteiger partial charge in [0.15, 0.2) is 0 Å². The molecule has 2 heteroatoms. The average Bonchev–Trinajstić information content (AvgIpc) is 2.80. The van der Waals surface area contributed by atoms with Crippen molar-refractivity contribution in [3.05, 3.63) is 60.2 Å². The number of esters is 1. The number of rotatable bonds is 14. The fourth-order valence-electron chi connectivity index (χ4n) is 4.44. The molecule has 0 aliphatic heterocycles. The van der Waals surface area contributed by atoms with E-state index in [-0.39, 0.29) is 5.97 Å². The molecular weight excluding hydrogens is 380 g/mol. The van der Waals surface area contributed by atoms with E-state index in [0.717, 1.165) is 12.8 Å². The lowest BCUT2D eigenvalue weighted by atomic mass is 9.99. The number of unbranched alkanes of at least 4 members (excludes halogenated alkanes) is 10. The molecular formula is C29H38O2. The zero-order chi connectivity index (χ0) is 21.7. The molecule has 31 heavy (non-hydrogen) atoms. The Bertz CT molecular complexity index is 944. The highest BCUT2D eigenvalue weighted by molar-refractivity contribution is 5.98. The summed E-state index contributed by atoms with van der Waals surface area (Å²) >= 11 is 0. The van der Waals surface area contributed by atoms with Crippen molar-refractivity contribution in [3.8, 4) is 0 Å². The van der Waals surface area contributed by atoms with Crippen LogP contribution in [0.2, 0.25) is 0 Å². The third-order valence-electron chi connectivity index (χ3n) is 6.34. The van der Waals surface area contributed by atoms with Crippen molar-refractivity contribution in [1.82, 2.24) is 0 Å². The fraction of sp³-hybridized carbons (Fsp3) is 0.483. The van der Waals surface area contributed by atoms with Crippen LogP contribution in [-0.2, 0) is 16.0 Å². The summed E-state index contributed by atoms with van der Waals surface area (Å²) in [4.78, 5) is 11.0. The van der Waals surface area contributed by atoms with Gasteiger partial charge in [-0.1, -0.05) is 100 Å². The van der Waals surface area contributed by atoms with Crippen LogP contribution in [0.4, 0.5) is 0 Å². The van der Waals surface area contributed by atoms with Crippen LogP contribution in [0.15, 0.2) is 54.6 Å². The van der Waals surface area contributed by atoms with Crippen LogP contribution in [0, 0.1) is 0 Å². The van der Waals surface area contributed by atoms with Gasteiger partial charge in [0.2, 0.25) is 0 Å². The Balaban J connectivity index is 1.23. The van der Waals surface area contributed by atoms with Gasteiger partial charge in [0, 0.05) is 6.42 Å². The first-order chi connectivity index (χ1) is 15.3. The lowest BCUT2D eigenvalue weighted by Gasteiger charge is -2.06. The Hall–Kier alpha value is -2.35. The molecule has 0 fully saturated rings. The van der Waals surface area contributed by atoms with Crippen molar-refractivity contribution in [3.63, 3.8) is 0 Å². The molecule has 2 nitrogen and oxygen atoms in total. The molecule has 0 radical (unpaired) electrons. The van der Waals surface area contributed by atoms with Gasteiger partial charge in [0.25, 0.3) is 0 Å². The Morgan fingerprint density at radius 2 is 1.13 bits per heavy atom. The van der Waals surface area contributed by atoms with Gasteiger partial charge in [-0.05, 0) is 58.5 Å². The Morgan fingerprint density at radius 1 is 0.613 bits per heavy atom. The molecule has 0 amide bonds. The highest BCUT2D eigenvalue weighted by atomic mass is 16.5. The number of carbonyl (C=O) groups is 1. The van der Waals surface area contributed by atoms with Crippen molar-refractivity contribution in [1.29, 1.82) is 0 Å². The maximum Gasteiger partial charge on any atom is 0.305 e. The van der Waals surface area contributed by atoms with E-state index in [1.54, 1.807) is 0 Å². The summed E-state index contributed by atoms with van der Waals surface area (Å²) in [5, 5.41) is 5.35. The second-order valence-electron chi connectivity index (χ2n) is 8.85. The molecule has 0 saturated heterocycles. The maximum atomic E-state index is 11.0. The molecule has 0 atom stereocenters. The summed E-state index contributed by atoms with van der Waals surface area (Å²) in [5.41, 5.74) is 1.47. The summed E-state index contributed by atoms with van der Waals surface area (Å²) < 4.78 is 4.67. The number of fused-ring (bicyclic) bond motifs is 2. The molecule has 0 saturated carbocycles. The number of aryl methyl sites for hydroxylation is 1. The van der Waals surface area contributed by atoms with E-state index in [9.17, 15) is 4.79 Å². The van der Waals surface area contributed by atoms with E-state index in [4.69, 9.17) is 0 Å². The summed E-state index contributed by atoms with van der Waals surface area (Å²) in [5.74, 6) is -0.0748. The normalized spacial score (nSPS) is 11.3. The first-order valence-electron chi connectivity index (χ1n) is 12.2. The number of carbonyl (C=O) groups excluding carboxylic acids is 1. The van der Waals surface area contributed by atoms with Gasteiger partial charge in [0.05, 0.1) is 7.11 Å². The van der Waals surface area contributed by atoms with E-state index in [2.05, 4.69) is 59.3 Å². The molecule has 0 unspecified atom stereocenters. The number of benzene rings is 3. The standard InChI is InChI=1S/C29H38O2/c1-31-29(30)18-12-10-8-6-4-2-3-5-7-9-11-15-24-19-20-27-22-25-16-13-14-17-26(25)23-28(27)21-24/h13-14,16-17,19-23H,2-12,15,18H2,1H3. The van der Waals surface area contributed by atoms with E-state index in [1.807, 2.05) is 0 Å². The van der Waals surface area contributed by atoms with Crippen LogP contribution in [0.1, 0.15) is 82.6 Å². The van der Waals surface area contributed by atoms with Crippen LogP contribution >= 0.6 is 0 Å². The van der Waals surface area contributed by atoms with Gasteiger partial charge in [-0.15, -0.1) is 0 Å². The highest BCUT2D eigenvalue weighted by Crippen LogP contribution is 2.24. The average molecular weight is 419 g/mol. The van der Waals surface area contributed by atoms with Crippen molar-refractivity contribution in [2.75, 3.05) is 7.11 Å². The summed E-state index contributed by atoms with van der Waals surface area (Å²) in [7, 11) is 1.47. The van der Waals surface area contributed by atoms with Crippen molar-refractivity contribution in [2.24, 2.45) is 0 Å². The third-order valence-corrected chi connectivity index (χ3v) is 6.34. The smallest absolute Gasteiger partial charge is 0.305 e. The third kappa shape index (κ3) is 8.01. The van der Waals surface area contributed by atoms with E-state index >= 15 is 0 Å². The lowest BCUT2D eigenvalue weighted by molar-refractivity contribution is -0.140. The molecule has 3 aromatic carbocycles. The van der Waals surface area contributed by atoms with E-state index in [0.29, 0.717) is 6.42 Å². The second kappa shape index (κ2) is 13.1. The predicted octanol–water partition coefficient (Wildman–Crippen LogP) is 8.39. The van der Waals surface area contributed by atoms with Crippen LogP contribution < -0.4 is 0 Å². The second-order valence-corrected chi connectivity index (χ2v) is 8.85. The SMILES string of the molecule is COC(=O)CCCCCCCCCCCCCc1ccc2cc3ccccc3cc2c1. The van der Waals surface area contributed by atoms with Gasteiger partial charge >= 0.3 is 5.97 Å². The molecule has 0 heterocycles. The van der Waals surface area contributed by atoms with Crippen molar-refractivity contribution >= 4 is 27.5 Å². The Kier molecular flexibility index (Phi) is 9.89. The van der Waals surface area contributed by atoms with Crippen molar-refractivity contribution in [2.45, 2.75) is 83.5 Å². The first-order valence-corrected chi connectivity index (χ1v) is 12.2. The van der Waals surface area contributed by atoms with Gasteiger partial charge in [-0.2, -0.15) is 0 Å². The first kappa shape index (κ1) is 23.3. The van der Waals surface area contributed by atoms with Crippen LogP contribution in [0.3, 0.4) is 0 Å². The topological polar surface area (TPSA) is 26.3 Å². The summed E-state index contributed by atoms with van der Waals surface area (Å²) in [6, 6.07) is 20.2. The number of ether oxygens (including phenoxy) is 1. The monoisotopic (exact) mass is 418 g/mol. The quantitative estimate of drug-likeness (QED) is 0.149. The Labute approximate surface area is 188 Å².